The number of carbonyl (C=O) groups is 2. The Morgan fingerprint density at radius 2 is 2.05 bits per heavy atom. The van der Waals surface area contributed by atoms with Crippen LogP contribution in [0.5, 0.6) is 0 Å². The summed E-state index contributed by atoms with van der Waals surface area (Å²) in [6.45, 7) is 2.79. The second kappa shape index (κ2) is 6.25. The Bertz CT molecular complexity index is 850. The first-order valence-corrected chi connectivity index (χ1v) is 6.62. The number of aromatic nitrogens is 2. The largest absolute Gasteiger partial charge is 0.465 e. The fraction of sp³-hybridized carbons (Fsp3) is 0.286. The van der Waals surface area contributed by atoms with Gasteiger partial charge in [0.25, 0.3) is 0 Å². The fourth-order valence-electron chi connectivity index (χ4n) is 2.04. The molecule has 0 aliphatic heterocycles. The molecule has 0 aliphatic rings. The standard InChI is InChI=1S/C14H15N3O5/c1-3-22-12(19)7-17-11-6-9(15-8(2)18)4-5-10(11)16-13(20)14(17)21/h4-6H,3,7H2,1-2H3,(H,15,18)(H,16,20). The van der Waals surface area contributed by atoms with Gasteiger partial charge in [0.15, 0.2) is 0 Å². The molecule has 0 fully saturated rings. The van der Waals surface area contributed by atoms with Gasteiger partial charge in [-0.15, -0.1) is 0 Å². The molecular formula is C14H15N3O5. The lowest BCUT2D eigenvalue weighted by Crippen LogP contribution is -2.38. The highest BCUT2D eigenvalue weighted by Gasteiger charge is 2.12. The molecule has 0 bridgehead atoms. The van der Waals surface area contributed by atoms with E-state index in [2.05, 4.69) is 10.3 Å². The Labute approximate surface area is 124 Å². The first-order chi connectivity index (χ1) is 10.4. The molecule has 8 nitrogen and oxygen atoms in total. The van der Waals surface area contributed by atoms with Gasteiger partial charge in [-0.3, -0.25) is 23.7 Å². The highest BCUT2D eigenvalue weighted by Crippen LogP contribution is 2.15. The zero-order valence-corrected chi connectivity index (χ0v) is 12.1. The molecule has 2 rings (SSSR count). The van der Waals surface area contributed by atoms with Crippen LogP contribution in [0.15, 0.2) is 27.8 Å². The molecule has 0 radical (unpaired) electrons. The van der Waals surface area contributed by atoms with Crippen molar-refractivity contribution in [3.05, 3.63) is 38.9 Å². The van der Waals surface area contributed by atoms with Gasteiger partial charge < -0.3 is 15.0 Å². The Kier molecular flexibility index (Phi) is 4.40. The van der Waals surface area contributed by atoms with Crippen LogP contribution in [-0.2, 0) is 20.9 Å². The number of rotatable bonds is 4. The van der Waals surface area contributed by atoms with E-state index in [1.165, 1.54) is 13.0 Å². The molecule has 1 heterocycles. The molecule has 1 amide bonds. The summed E-state index contributed by atoms with van der Waals surface area (Å²) < 4.78 is 5.83. The van der Waals surface area contributed by atoms with Crippen LogP contribution >= 0.6 is 0 Å². The van der Waals surface area contributed by atoms with E-state index in [0.29, 0.717) is 16.7 Å². The van der Waals surface area contributed by atoms with E-state index >= 15 is 0 Å². The molecule has 0 saturated carbocycles. The molecule has 0 aliphatic carbocycles. The van der Waals surface area contributed by atoms with Crippen LogP contribution in [-0.4, -0.2) is 28.0 Å². The molecule has 1 aromatic heterocycles. The van der Waals surface area contributed by atoms with Crippen molar-refractivity contribution in [3.8, 4) is 0 Å². The summed E-state index contributed by atoms with van der Waals surface area (Å²) in [6.07, 6.45) is 0. The summed E-state index contributed by atoms with van der Waals surface area (Å²) in [4.78, 5) is 48.8. The first kappa shape index (κ1) is 15.5. The number of anilines is 1. The summed E-state index contributed by atoms with van der Waals surface area (Å²) >= 11 is 0. The Balaban J connectivity index is 2.61. The van der Waals surface area contributed by atoms with Crippen molar-refractivity contribution in [1.82, 2.24) is 9.55 Å². The minimum Gasteiger partial charge on any atom is -0.465 e. The molecule has 0 saturated heterocycles. The molecule has 0 spiro atoms. The second-order valence-electron chi connectivity index (χ2n) is 4.56. The van der Waals surface area contributed by atoms with Crippen molar-refractivity contribution in [3.63, 3.8) is 0 Å². The lowest BCUT2D eigenvalue weighted by atomic mass is 10.2. The first-order valence-electron chi connectivity index (χ1n) is 6.62. The second-order valence-corrected chi connectivity index (χ2v) is 4.56. The topological polar surface area (TPSA) is 110 Å². The van der Waals surface area contributed by atoms with Gasteiger partial charge in [-0.1, -0.05) is 0 Å². The number of esters is 1. The molecule has 0 atom stereocenters. The van der Waals surface area contributed by atoms with Crippen LogP contribution in [0.3, 0.4) is 0 Å². The third-order valence-corrected chi connectivity index (χ3v) is 2.89. The van der Waals surface area contributed by atoms with Crippen molar-refractivity contribution in [2.75, 3.05) is 11.9 Å². The summed E-state index contributed by atoms with van der Waals surface area (Å²) in [7, 11) is 0. The lowest BCUT2D eigenvalue weighted by molar-refractivity contribution is -0.143. The number of hydrogen-bond acceptors (Lipinski definition) is 5. The van der Waals surface area contributed by atoms with Crippen molar-refractivity contribution in [2.24, 2.45) is 0 Å². The summed E-state index contributed by atoms with van der Waals surface area (Å²) in [5, 5.41) is 2.57. The average Bonchev–Trinajstić information content (AvgIpc) is 2.44. The predicted octanol–water partition coefficient (Wildman–Crippen LogP) is 0.211. The minimum absolute atomic E-state index is 0.172. The van der Waals surface area contributed by atoms with Crippen molar-refractivity contribution in [2.45, 2.75) is 20.4 Å². The zero-order chi connectivity index (χ0) is 16.3. The lowest BCUT2D eigenvalue weighted by Gasteiger charge is -2.10. The average molecular weight is 305 g/mol. The molecule has 8 heteroatoms. The zero-order valence-electron chi connectivity index (χ0n) is 12.1. The van der Waals surface area contributed by atoms with E-state index in [-0.39, 0.29) is 19.1 Å². The number of aromatic amines is 1. The summed E-state index contributed by atoms with van der Waals surface area (Å²) in [5.74, 6) is -0.899. The summed E-state index contributed by atoms with van der Waals surface area (Å²) in [6, 6.07) is 4.63. The molecule has 0 unspecified atom stereocenters. The van der Waals surface area contributed by atoms with Gasteiger partial charge in [-0.25, -0.2) is 0 Å². The van der Waals surface area contributed by atoms with Crippen LogP contribution in [0.2, 0.25) is 0 Å². The number of H-pyrrole nitrogens is 1. The molecule has 2 N–H and O–H groups in total. The van der Waals surface area contributed by atoms with Gasteiger partial charge >= 0.3 is 17.1 Å². The molecule has 116 valence electrons. The van der Waals surface area contributed by atoms with Gasteiger partial charge in [0.2, 0.25) is 5.91 Å². The van der Waals surface area contributed by atoms with E-state index in [0.717, 1.165) is 4.57 Å². The minimum atomic E-state index is -0.861. The van der Waals surface area contributed by atoms with Crippen LogP contribution in [0, 0.1) is 0 Å². The fourth-order valence-corrected chi connectivity index (χ4v) is 2.04. The monoisotopic (exact) mass is 305 g/mol. The SMILES string of the molecule is CCOC(=O)Cn1c(=O)c(=O)[nH]c2ccc(NC(C)=O)cc21. The van der Waals surface area contributed by atoms with Crippen LogP contribution in [0.1, 0.15) is 13.8 Å². The van der Waals surface area contributed by atoms with E-state index in [9.17, 15) is 19.2 Å². The number of hydrogen-bond donors (Lipinski definition) is 2. The Morgan fingerprint density at radius 3 is 2.68 bits per heavy atom. The van der Waals surface area contributed by atoms with E-state index in [1.54, 1.807) is 19.1 Å². The maximum atomic E-state index is 12.0. The number of nitrogens with zero attached hydrogens (tertiary/aromatic N) is 1. The maximum Gasteiger partial charge on any atom is 0.326 e. The third kappa shape index (κ3) is 3.22. The number of fused-ring (bicyclic) bond motifs is 1. The number of nitrogens with one attached hydrogen (secondary N) is 2. The van der Waals surface area contributed by atoms with Gasteiger partial charge in [-0.2, -0.15) is 0 Å². The maximum absolute atomic E-state index is 12.0. The highest BCUT2D eigenvalue weighted by molar-refractivity contribution is 5.91. The van der Waals surface area contributed by atoms with E-state index in [4.69, 9.17) is 4.74 Å². The third-order valence-electron chi connectivity index (χ3n) is 2.89. The molecule has 2 aromatic rings. The quantitative estimate of drug-likeness (QED) is 0.620. The van der Waals surface area contributed by atoms with Gasteiger partial charge in [0.1, 0.15) is 6.54 Å². The van der Waals surface area contributed by atoms with Crippen LogP contribution in [0.25, 0.3) is 11.0 Å². The van der Waals surface area contributed by atoms with E-state index in [1.807, 2.05) is 0 Å². The Morgan fingerprint density at radius 1 is 1.32 bits per heavy atom. The molecule has 1 aromatic carbocycles. The smallest absolute Gasteiger partial charge is 0.326 e. The highest BCUT2D eigenvalue weighted by atomic mass is 16.5. The van der Waals surface area contributed by atoms with Crippen molar-refractivity contribution < 1.29 is 14.3 Å². The number of ether oxygens (including phenoxy) is 1. The molecular weight excluding hydrogens is 290 g/mol. The van der Waals surface area contributed by atoms with Crippen molar-refractivity contribution in [1.29, 1.82) is 0 Å². The summed E-state index contributed by atoms with van der Waals surface area (Å²) in [5.41, 5.74) is -0.541. The van der Waals surface area contributed by atoms with Crippen LogP contribution in [0.4, 0.5) is 5.69 Å². The van der Waals surface area contributed by atoms with Gasteiger partial charge in [0.05, 0.1) is 17.6 Å². The molecule has 22 heavy (non-hydrogen) atoms. The van der Waals surface area contributed by atoms with Gasteiger partial charge in [0, 0.05) is 12.6 Å². The van der Waals surface area contributed by atoms with E-state index < -0.39 is 17.1 Å². The van der Waals surface area contributed by atoms with Crippen LogP contribution < -0.4 is 16.4 Å². The number of carbonyl (C=O) groups excluding carboxylic acids is 2. The Hall–Kier alpha value is -2.90. The number of benzene rings is 1. The van der Waals surface area contributed by atoms with Crippen molar-refractivity contribution >= 4 is 28.6 Å². The predicted molar refractivity (Wildman–Crippen MR) is 79.8 cm³/mol. The number of amides is 1. The normalized spacial score (nSPS) is 10.5. The van der Waals surface area contributed by atoms with Gasteiger partial charge in [-0.05, 0) is 25.1 Å².